The second kappa shape index (κ2) is 4.49. The molecule has 1 fully saturated rings. The first-order valence-electron chi connectivity index (χ1n) is 6.26. The van der Waals surface area contributed by atoms with E-state index in [9.17, 15) is 0 Å². The summed E-state index contributed by atoms with van der Waals surface area (Å²) >= 11 is 0. The first-order valence-corrected chi connectivity index (χ1v) is 6.26. The lowest BCUT2D eigenvalue weighted by molar-refractivity contribution is 0.479. The molecule has 1 unspecified atom stereocenters. The minimum Gasteiger partial charge on any atom is -0.328 e. The SMILES string of the molecule is CC1(c2cncn2Cc2cccnn2)CCNC1. The number of imidazole rings is 1. The highest BCUT2D eigenvalue weighted by Gasteiger charge is 2.33. The Kier molecular flexibility index (Phi) is 2.83. The molecule has 0 aromatic carbocycles. The van der Waals surface area contributed by atoms with Gasteiger partial charge in [-0.2, -0.15) is 10.2 Å². The van der Waals surface area contributed by atoms with E-state index < -0.39 is 0 Å². The predicted molar refractivity (Wildman–Crippen MR) is 68.2 cm³/mol. The van der Waals surface area contributed by atoms with Crippen molar-refractivity contribution in [2.45, 2.75) is 25.3 Å². The summed E-state index contributed by atoms with van der Waals surface area (Å²) in [5.74, 6) is 0. The van der Waals surface area contributed by atoms with Gasteiger partial charge >= 0.3 is 0 Å². The number of hydrogen-bond acceptors (Lipinski definition) is 4. The molecule has 2 aromatic rings. The molecule has 1 aliphatic rings. The van der Waals surface area contributed by atoms with E-state index in [1.165, 1.54) is 5.69 Å². The lowest BCUT2D eigenvalue weighted by atomic mass is 9.86. The van der Waals surface area contributed by atoms with Gasteiger partial charge in [-0.15, -0.1) is 0 Å². The molecule has 94 valence electrons. The van der Waals surface area contributed by atoms with Crippen LogP contribution in [0.2, 0.25) is 0 Å². The Bertz CT molecular complexity index is 513. The molecule has 2 aromatic heterocycles. The summed E-state index contributed by atoms with van der Waals surface area (Å²) in [5, 5.41) is 11.5. The van der Waals surface area contributed by atoms with E-state index in [-0.39, 0.29) is 5.41 Å². The summed E-state index contributed by atoms with van der Waals surface area (Å²) in [6.45, 7) is 5.11. The Balaban J connectivity index is 1.88. The molecule has 3 rings (SSSR count). The zero-order chi connectivity index (χ0) is 12.4. The third kappa shape index (κ3) is 2.01. The van der Waals surface area contributed by atoms with Crippen molar-refractivity contribution in [2.75, 3.05) is 13.1 Å². The van der Waals surface area contributed by atoms with Crippen LogP contribution in [0.4, 0.5) is 0 Å². The van der Waals surface area contributed by atoms with Crippen molar-refractivity contribution in [1.29, 1.82) is 0 Å². The number of aromatic nitrogens is 4. The van der Waals surface area contributed by atoms with E-state index in [2.05, 4.69) is 32.0 Å². The van der Waals surface area contributed by atoms with Crippen molar-refractivity contribution < 1.29 is 0 Å². The number of nitrogens with one attached hydrogen (secondary N) is 1. The Labute approximate surface area is 106 Å². The molecular formula is C13H17N5. The van der Waals surface area contributed by atoms with Crippen molar-refractivity contribution in [3.8, 4) is 0 Å². The van der Waals surface area contributed by atoms with E-state index in [4.69, 9.17) is 0 Å². The minimum atomic E-state index is 0.179. The maximum Gasteiger partial charge on any atom is 0.0952 e. The Morgan fingerprint density at radius 1 is 1.50 bits per heavy atom. The molecule has 0 amide bonds. The number of rotatable bonds is 3. The molecule has 0 radical (unpaired) electrons. The van der Waals surface area contributed by atoms with Gasteiger partial charge in [-0.25, -0.2) is 4.98 Å². The zero-order valence-electron chi connectivity index (χ0n) is 10.5. The highest BCUT2D eigenvalue weighted by molar-refractivity contribution is 5.18. The van der Waals surface area contributed by atoms with Crippen LogP contribution in [0.3, 0.4) is 0 Å². The number of hydrogen-bond donors (Lipinski definition) is 1. The molecule has 3 heterocycles. The van der Waals surface area contributed by atoms with Gasteiger partial charge in [0, 0.05) is 30.0 Å². The molecule has 5 heteroatoms. The third-order valence-electron chi connectivity index (χ3n) is 3.66. The molecule has 1 atom stereocenters. The van der Waals surface area contributed by atoms with Crippen LogP contribution in [-0.4, -0.2) is 32.8 Å². The maximum atomic E-state index is 4.30. The first-order chi connectivity index (χ1) is 8.78. The molecule has 0 spiro atoms. The fourth-order valence-corrected chi connectivity index (χ4v) is 2.58. The van der Waals surface area contributed by atoms with Crippen molar-refractivity contribution in [2.24, 2.45) is 0 Å². The third-order valence-corrected chi connectivity index (χ3v) is 3.66. The predicted octanol–water partition coefficient (Wildman–Crippen LogP) is 0.972. The van der Waals surface area contributed by atoms with Gasteiger partial charge in [0.15, 0.2) is 0 Å². The fraction of sp³-hybridized carbons (Fsp3) is 0.462. The van der Waals surface area contributed by atoms with Crippen LogP contribution in [0.5, 0.6) is 0 Å². The summed E-state index contributed by atoms with van der Waals surface area (Å²) < 4.78 is 2.18. The average Bonchev–Trinajstić information content (AvgIpc) is 3.00. The van der Waals surface area contributed by atoms with Crippen LogP contribution < -0.4 is 5.32 Å². The van der Waals surface area contributed by atoms with Gasteiger partial charge in [-0.05, 0) is 25.1 Å². The Hall–Kier alpha value is -1.75. The van der Waals surface area contributed by atoms with Crippen molar-refractivity contribution in [3.63, 3.8) is 0 Å². The summed E-state index contributed by atoms with van der Waals surface area (Å²) in [6.07, 6.45) is 6.70. The molecule has 1 N–H and O–H groups in total. The van der Waals surface area contributed by atoms with Gasteiger partial charge in [-0.3, -0.25) is 0 Å². The van der Waals surface area contributed by atoms with E-state index >= 15 is 0 Å². The lowest BCUT2D eigenvalue weighted by Crippen LogP contribution is -2.28. The lowest BCUT2D eigenvalue weighted by Gasteiger charge is -2.24. The second-order valence-electron chi connectivity index (χ2n) is 5.11. The van der Waals surface area contributed by atoms with Crippen molar-refractivity contribution in [3.05, 3.63) is 42.2 Å². The quantitative estimate of drug-likeness (QED) is 0.873. The van der Waals surface area contributed by atoms with Gasteiger partial charge in [0.2, 0.25) is 0 Å². The Morgan fingerprint density at radius 3 is 3.17 bits per heavy atom. The highest BCUT2D eigenvalue weighted by atomic mass is 15.1. The Morgan fingerprint density at radius 2 is 2.44 bits per heavy atom. The van der Waals surface area contributed by atoms with E-state index in [0.29, 0.717) is 0 Å². The average molecular weight is 243 g/mol. The first kappa shape index (κ1) is 11.3. The summed E-state index contributed by atoms with van der Waals surface area (Å²) in [7, 11) is 0. The molecule has 1 aliphatic heterocycles. The molecule has 0 saturated carbocycles. The van der Waals surface area contributed by atoms with Crippen LogP contribution in [0.15, 0.2) is 30.9 Å². The fourth-order valence-electron chi connectivity index (χ4n) is 2.58. The molecule has 1 saturated heterocycles. The van der Waals surface area contributed by atoms with Crippen LogP contribution in [-0.2, 0) is 12.0 Å². The maximum absolute atomic E-state index is 4.30. The summed E-state index contributed by atoms with van der Waals surface area (Å²) in [5.41, 5.74) is 2.42. The smallest absolute Gasteiger partial charge is 0.0952 e. The van der Waals surface area contributed by atoms with Crippen LogP contribution in [0.25, 0.3) is 0 Å². The van der Waals surface area contributed by atoms with E-state index in [0.717, 1.165) is 31.7 Å². The second-order valence-corrected chi connectivity index (χ2v) is 5.11. The zero-order valence-corrected chi connectivity index (χ0v) is 10.5. The minimum absolute atomic E-state index is 0.179. The van der Waals surface area contributed by atoms with E-state index in [1.54, 1.807) is 6.20 Å². The molecule has 5 nitrogen and oxygen atoms in total. The van der Waals surface area contributed by atoms with Gasteiger partial charge in [0.25, 0.3) is 0 Å². The van der Waals surface area contributed by atoms with Crippen molar-refractivity contribution >= 4 is 0 Å². The molecular weight excluding hydrogens is 226 g/mol. The molecule has 18 heavy (non-hydrogen) atoms. The van der Waals surface area contributed by atoms with Crippen LogP contribution in [0, 0.1) is 0 Å². The normalized spacial score (nSPS) is 23.4. The van der Waals surface area contributed by atoms with Gasteiger partial charge in [0.05, 0.1) is 18.6 Å². The van der Waals surface area contributed by atoms with Crippen LogP contribution in [0.1, 0.15) is 24.7 Å². The monoisotopic (exact) mass is 243 g/mol. The standard InChI is InChI=1S/C13H17N5/c1-13(4-6-14-9-13)12-7-15-10-18(12)8-11-3-2-5-16-17-11/h2-3,5,7,10,14H,4,6,8-9H2,1H3. The van der Waals surface area contributed by atoms with Crippen molar-refractivity contribution in [1.82, 2.24) is 25.1 Å². The molecule has 0 aliphatic carbocycles. The molecule has 0 bridgehead atoms. The van der Waals surface area contributed by atoms with Gasteiger partial charge in [0.1, 0.15) is 0 Å². The largest absolute Gasteiger partial charge is 0.328 e. The summed E-state index contributed by atoms with van der Waals surface area (Å²) in [4.78, 5) is 4.30. The van der Waals surface area contributed by atoms with Gasteiger partial charge < -0.3 is 9.88 Å². The van der Waals surface area contributed by atoms with E-state index in [1.807, 2.05) is 24.7 Å². The number of nitrogens with zero attached hydrogens (tertiary/aromatic N) is 4. The highest BCUT2D eigenvalue weighted by Crippen LogP contribution is 2.29. The van der Waals surface area contributed by atoms with Crippen LogP contribution >= 0.6 is 0 Å². The summed E-state index contributed by atoms with van der Waals surface area (Å²) in [6, 6.07) is 3.91. The topological polar surface area (TPSA) is 55.6 Å². The van der Waals surface area contributed by atoms with Gasteiger partial charge in [-0.1, -0.05) is 6.92 Å².